The summed E-state index contributed by atoms with van der Waals surface area (Å²) in [6, 6.07) is 15.1. The van der Waals surface area contributed by atoms with Crippen LogP contribution >= 0.6 is 0 Å². The number of Topliss-reactive ketones (excluding diaryl/α,β-unsaturated/α-hetero) is 1. The Hall–Kier alpha value is -4.40. The number of nitrogens with one attached hydrogen (secondary N) is 1. The van der Waals surface area contributed by atoms with Gasteiger partial charge in [-0.25, -0.2) is 9.97 Å². The number of nitrogens with zero attached hydrogens (tertiary/aromatic N) is 3. The third kappa shape index (κ3) is 4.36. The average Bonchev–Trinajstić information content (AvgIpc) is 3.20. The molecule has 2 aromatic carbocycles. The zero-order chi connectivity index (χ0) is 22.7. The standard InChI is InChI=1S/C23H19N5O4/c1-13-26-19(18-12-25-15-9-5-6-10-16(15)27-18)21(32-13)23(31)28-17(20(29)22(24)30)11-14-7-3-2-4-8-14/h2-10,12,17H,11H2,1H3,(H2,24,30)(H,28,31). The van der Waals surface area contributed by atoms with Crippen LogP contribution < -0.4 is 11.1 Å². The Kier molecular flexibility index (Phi) is 5.71. The van der Waals surface area contributed by atoms with Crippen LogP contribution in [-0.4, -0.2) is 38.6 Å². The lowest BCUT2D eigenvalue weighted by atomic mass is 10.0. The van der Waals surface area contributed by atoms with Gasteiger partial charge in [-0.2, -0.15) is 0 Å². The third-order valence-corrected chi connectivity index (χ3v) is 4.78. The van der Waals surface area contributed by atoms with Crippen molar-refractivity contribution in [2.24, 2.45) is 5.73 Å². The SMILES string of the molecule is Cc1nc(-c2cnc3ccccc3n2)c(C(=O)NC(Cc2ccccc2)C(=O)C(N)=O)o1. The Morgan fingerprint density at radius 1 is 1.00 bits per heavy atom. The van der Waals surface area contributed by atoms with E-state index in [0.717, 1.165) is 5.56 Å². The molecule has 4 rings (SSSR count). The highest BCUT2D eigenvalue weighted by atomic mass is 16.4. The first kappa shape index (κ1) is 20.9. The predicted octanol–water partition coefficient (Wildman–Crippen LogP) is 1.99. The van der Waals surface area contributed by atoms with E-state index in [9.17, 15) is 14.4 Å². The van der Waals surface area contributed by atoms with Crippen molar-refractivity contribution in [2.75, 3.05) is 0 Å². The molecule has 1 atom stereocenters. The molecule has 2 aromatic heterocycles. The van der Waals surface area contributed by atoms with Crippen molar-refractivity contribution >= 4 is 28.6 Å². The molecule has 0 aliphatic carbocycles. The Labute approximate surface area is 182 Å². The van der Waals surface area contributed by atoms with E-state index in [1.54, 1.807) is 37.3 Å². The van der Waals surface area contributed by atoms with Crippen LogP contribution in [0.15, 0.2) is 65.2 Å². The Bertz CT molecular complexity index is 1320. The molecule has 0 fully saturated rings. The zero-order valence-electron chi connectivity index (χ0n) is 17.1. The number of hydrogen-bond donors (Lipinski definition) is 2. The summed E-state index contributed by atoms with van der Waals surface area (Å²) in [5.74, 6) is -2.67. The number of amides is 2. The number of oxazole rings is 1. The molecule has 0 aliphatic heterocycles. The summed E-state index contributed by atoms with van der Waals surface area (Å²) in [7, 11) is 0. The monoisotopic (exact) mass is 429 g/mol. The second kappa shape index (κ2) is 8.76. The van der Waals surface area contributed by atoms with Gasteiger partial charge in [-0.1, -0.05) is 42.5 Å². The fraction of sp³-hybridized carbons (Fsp3) is 0.130. The largest absolute Gasteiger partial charge is 0.435 e. The lowest BCUT2D eigenvalue weighted by Gasteiger charge is -2.16. The van der Waals surface area contributed by atoms with Crippen LogP contribution in [0.3, 0.4) is 0 Å². The fourth-order valence-corrected chi connectivity index (χ4v) is 3.28. The summed E-state index contributed by atoms with van der Waals surface area (Å²) in [5.41, 5.74) is 7.78. The second-order valence-corrected chi connectivity index (χ2v) is 7.10. The molecule has 9 heteroatoms. The molecule has 2 amide bonds. The maximum absolute atomic E-state index is 13.0. The van der Waals surface area contributed by atoms with Crippen molar-refractivity contribution in [1.29, 1.82) is 0 Å². The number of carbonyl (C=O) groups is 3. The summed E-state index contributed by atoms with van der Waals surface area (Å²) in [6.45, 7) is 1.59. The quantitative estimate of drug-likeness (QED) is 0.428. The van der Waals surface area contributed by atoms with Gasteiger partial charge in [-0.05, 0) is 17.7 Å². The summed E-state index contributed by atoms with van der Waals surface area (Å²) >= 11 is 0. The molecule has 0 saturated carbocycles. The number of nitrogens with two attached hydrogens (primary N) is 1. The molecule has 0 bridgehead atoms. The zero-order valence-corrected chi connectivity index (χ0v) is 17.1. The Morgan fingerprint density at radius 3 is 2.41 bits per heavy atom. The second-order valence-electron chi connectivity index (χ2n) is 7.10. The van der Waals surface area contributed by atoms with Crippen LogP contribution in [0.1, 0.15) is 22.0 Å². The molecule has 32 heavy (non-hydrogen) atoms. The van der Waals surface area contributed by atoms with Gasteiger partial charge in [0.25, 0.3) is 11.8 Å². The summed E-state index contributed by atoms with van der Waals surface area (Å²) < 4.78 is 5.52. The van der Waals surface area contributed by atoms with E-state index in [1.807, 2.05) is 24.3 Å². The highest BCUT2D eigenvalue weighted by Gasteiger charge is 2.29. The Morgan fingerprint density at radius 2 is 1.69 bits per heavy atom. The minimum atomic E-state index is -1.16. The molecule has 2 heterocycles. The average molecular weight is 429 g/mol. The predicted molar refractivity (Wildman–Crippen MR) is 115 cm³/mol. The molecular weight excluding hydrogens is 410 g/mol. The molecule has 4 aromatic rings. The first-order valence-electron chi connectivity index (χ1n) is 9.80. The van der Waals surface area contributed by atoms with Gasteiger partial charge in [0, 0.05) is 13.3 Å². The number of benzene rings is 2. The third-order valence-electron chi connectivity index (χ3n) is 4.78. The van der Waals surface area contributed by atoms with E-state index in [0.29, 0.717) is 16.7 Å². The highest BCUT2D eigenvalue weighted by molar-refractivity contribution is 6.38. The van der Waals surface area contributed by atoms with Crippen molar-refractivity contribution < 1.29 is 18.8 Å². The number of rotatable bonds is 7. The topological polar surface area (TPSA) is 141 Å². The van der Waals surface area contributed by atoms with Gasteiger partial charge in [0.2, 0.25) is 11.5 Å². The van der Waals surface area contributed by atoms with Crippen LogP contribution in [0.5, 0.6) is 0 Å². The fourth-order valence-electron chi connectivity index (χ4n) is 3.28. The number of ketones is 1. The van der Waals surface area contributed by atoms with Crippen molar-refractivity contribution in [2.45, 2.75) is 19.4 Å². The minimum Gasteiger partial charge on any atom is -0.435 e. The van der Waals surface area contributed by atoms with Gasteiger partial charge in [0.05, 0.1) is 17.2 Å². The number of hydrogen-bond acceptors (Lipinski definition) is 7. The van der Waals surface area contributed by atoms with Crippen molar-refractivity contribution in [1.82, 2.24) is 20.3 Å². The number of aromatic nitrogens is 3. The van der Waals surface area contributed by atoms with Crippen LogP contribution in [0, 0.1) is 6.92 Å². The maximum Gasteiger partial charge on any atom is 0.290 e. The molecule has 0 spiro atoms. The molecule has 9 nitrogen and oxygen atoms in total. The molecule has 160 valence electrons. The van der Waals surface area contributed by atoms with Crippen LogP contribution in [0.4, 0.5) is 0 Å². The van der Waals surface area contributed by atoms with Crippen molar-refractivity contribution in [3.63, 3.8) is 0 Å². The smallest absolute Gasteiger partial charge is 0.290 e. The van der Waals surface area contributed by atoms with Gasteiger partial charge < -0.3 is 15.5 Å². The van der Waals surface area contributed by atoms with Crippen LogP contribution in [0.25, 0.3) is 22.4 Å². The summed E-state index contributed by atoms with van der Waals surface area (Å²) in [6.07, 6.45) is 1.58. The van der Waals surface area contributed by atoms with E-state index in [-0.39, 0.29) is 23.8 Å². The summed E-state index contributed by atoms with van der Waals surface area (Å²) in [5, 5.41) is 2.55. The van der Waals surface area contributed by atoms with Crippen molar-refractivity contribution in [3.8, 4) is 11.4 Å². The van der Waals surface area contributed by atoms with E-state index in [4.69, 9.17) is 10.2 Å². The van der Waals surface area contributed by atoms with Crippen molar-refractivity contribution in [3.05, 3.63) is 78.0 Å². The highest BCUT2D eigenvalue weighted by Crippen LogP contribution is 2.23. The number of primary amides is 1. The first-order valence-corrected chi connectivity index (χ1v) is 9.80. The molecule has 0 aliphatic rings. The van der Waals surface area contributed by atoms with E-state index in [2.05, 4.69) is 20.3 Å². The Balaban J connectivity index is 1.65. The number of aryl methyl sites for hydroxylation is 1. The van der Waals surface area contributed by atoms with Gasteiger partial charge in [-0.3, -0.25) is 19.4 Å². The lowest BCUT2D eigenvalue weighted by Crippen LogP contribution is -2.47. The van der Waals surface area contributed by atoms with Crippen LogP contribution in [-0.2, 0) is 16.0 Å². The van der Waals surface area contributed by atoms with Gasteiger partial charge in [0.15, 0.2) is 5.89 Å². The number of carbonyl (C=O) groups excluding carboxylic acids is 3. The maximum atomic E-state index is 13.0. The van der Waals surface area contributed by atoms with E-state index >= 15 is 0 Å². The summed E-state index contributed by atoms with van der Waals surface area (Å²) in [4.78, 5) is 50.1. The van der Waals surface area contributed by atoms with Gasteiger partial charge in [-0.15, -0.1) is 0 Å². The van der Waals surface area contributed by atoms with Gasteiger partial charge in [0.1, 0.15) is 17.4 Å². The van der Waals surface area contributed by atoms with E-state index in [1.165, 1.54) is 6.20 Å². The molecule has 3 N–H and O–H groups in total. The molecular formula is C23H19N5O4. The van der Waals surface area contributed by atoms with Crippen LogP contribution in [0.2, 0.25) is 0 Å². The lowest BCUT2D eigenvalue weighted by molar-refractivity contribution is -0.137. The number of para-hydroxylation sites is 2. The van der Waals surface area contributed by atoms with E-state index < -0.39 is 23.6 Å². The number of fused-ring (bicyclic) bond motifs is 1. The molecule has 0 saturated heterocycles. The first-order chi connectivity index (χ1) is 15.4. The van der Waals surface area contributed by atoms with Gasteiger partial charge >= 0.3 is 0 Å². The molecule has 1 unspecified atom stereocenters. The minimum absolute atomic E-state index is 0.0899. The normalized spacial score (nSPS) is 11.8. The molecule has 0 radical (unpaired) electrons.